The second-order valence-electron chi connectivity index (χ2n) is 7.85. The number of hydrogen-bond donors (Lipinski definition) is 2. The second-order valence-corrected chi connectivity index (χ2v) is 8.26. The van der Waals surface area contributed by atoms with Gasteiger partial charge in [0.25, 0.3) is 0 Å². The lowest BCUT2D eigenvalue weighted by molar-refractivity contribution is 0.0923. The Morgan fingerprint density at radius 1 is 1.16 bits per heavy atom. The van der Waals surface area contributed by atoms with E-state index in [1.165, 1.54) is 0 Å². The number of nitrogens with one attached hydrogen (secondary N) is 1. The molecule has 1 unspecified atom stereocenters. The molecule has 0 fully saturated rings. The van der Waals surface area contributed by atoms with Crippen LogP contribution in [0.1, 0.15) is 27.7 Å². The maximum absolute atomic E-state index is 10.2. The number of benzene rings is 1. The van der Waals surface area contributed by atoms with Gasteiger partial charge in [0.05, 0.1) is 18.2 Å². The monoisotopic (exact) mass is 451 g/mol. The molecule has 31 heavy (non-hydrogen) atoms. The van der Waals surface area contributed by atoms with E-state index < -0.39 is 11.6 Å². The zero-order valence-corrected chi connectivity index (χ0v) is 19.3. The molecule has 2 aromatic rings. The molecule has 0 bridgehead atoms. The normalized spacial score (nSPS) is 12.9. The van der Waals surface area contributed by atoms with Crippen molar-refractivity contribution in [1.29, 1.82) is 0 Å². The summed E-state index contributed by atoms with van der Waals surface area (Å²) >= 11 is 6.14. The standard InChI is InChI=1S/C21H30ClN5O4/c1-14(2)24-25-19-8-9-20(27-26-19)31-13-21(3,4)23-11-15(28)12-30-18-7-6-16(29-5)10-17(18)22/h6-10,14-15,23,28H,11-13H2,1-5H3. The van der Waals surface area contributed by atoms with Crippen LogP contribution in [0.2, 0.25) is 5.02 Å². The first-order valence-electron chi connectivity index (χ1n) is 9.95. The first kappa shape index (κ1) is 24.8. The van der Waals surface area contributed by atoms with Gasteiger partial charge in [-0.25, -0.2) is 0 Å². The van der Waals surface area contributed by atoms with Crippen LogP contribution in [-0.4, -0.2) is 59.9 Å². The van der Waals surface area contributed by atoms with E-state index in [0.29, 0.717) is 41.4 Å². The highest BCUT2D eigenvalue weighted by molar-refractivity contribution is 6.32. The van der Waals surface area contributed by atoms with E-state index in [0.717, 1.165) is 0 Å². The van der Waals surface area contributed by atoms with Crippen LogP contribution in [0.3, 0.4) is 0 Å². The van der Waals surface area contributed by atoms with Gasteiger partial charge in [-0.05, 0) is 45.9 Å². The van der Waals surface area contributed by atoms with Crippen molar-refractivity contribution in [2.45, 2.75) is 45.4 Å². The number of halogens is 1. The smallest absolute Gasteiger partial charge is 0.233 e. The van der Waals surface area contributed by atoms with Gasteiger partial charge < -0.3 is 24.6 Å². The second kappa shape index (κ2) is 11.8. The Hall–Kier alpha value is -2.49. The molecule has 0 spiro atoms. The maximum atomic E-state index is 10.2. The SMILES string of the molecule is COc1ccc(OCC(O)CNC(C)(C)COc2ccc(N=NC(C)C)nn2)c(Cl)c1. The van der Waals surface area contributed by atoms with Crippen molar-refractivity contribution in [3.05, 3.63) is 35.4 Å². The lowest BCUT2D eigenvalue weighted by Crippen LogP contribution is -2.48. The van der Waals surface area contributed by atoms with E-state index in [-0.39, 0.29) is 12.6 Å². The summed E-state index contributed by atoms with van der Waals surface area (Å²) < 4.78 is 16.4. The molecule has 2 N–H and O–H groups in total. The molecule has 0 aliphatic rings. The molecule has 2 rings (SSSR count). The van der Waals surface area contributed by atoms with Crippen molar-refractivity contribution in [3.63, 3.8) is 0 Å². The highest BCUT2D eigenvalue weighted by atomic mass is 35.5. The Bertz CT molecular complexity index is 846. The van der Waals surface area contributed by atoms with Gasteiger partial charge in [0.15, 0.2) is 5.82 Å². The molecule has 10 heteroatoms. The topological polar surface area (TPSA) is 110 Å². The van der Waals surface area contributed by atoms with Crippen LogP contribution in [0.25, 0.3) is 0 Å². The molecular weight excluding hydrogens is 422 g/mol. The number of hydrogen-bond acceptors (Lipinski definition) is 9. The Morgan fingerprint density at radius 3 is 2.55 bits per heavy atom. The highest BCUT2D eigenvalue weighted by Crippen LogP contribution is 2.28. The van der Waals surface area contributed by atoms with Gasteiger partial charge in [0.1, 0.15) is 30.8 Å². The number of aromatic nitrogens is 2. The van der Waals surface area contributed by atoms with Gasteiger partial charge >= 0.3 is 0 Å². The van der Waals surface area contributed by atoms with E-state index in [1.54, 1.807) is 37.4 Å². The summed E-state index contributed by atoms with van der Waals surface area (Å²) in [5.41, 5.74) is -0.420. The van der Waals surface area contributed by atoms with Gasteiger partial charge in [-0.15, -0.1) is 15.3 Å². The van der Waals surface area contributed by atoms with Crippen LogP contribution in [0.15, 0.2) is 40.6 Å². The summed E-state index contributed by atoms with van der Waals surface area (Å²) in [6.45, 7) is 8.51. The summed E-state index contributed by atoms with van der Waals surface area (Å²) in [5.74, 6) is 1.94. The minimum atomic E-state index is -0.733. The van der Waals surface area contributed by atoms with Crippen molar-refractivity contribution >= 4 is 17.4 Å². The Balaban J connectivity index is 1.75. The number of methoxy groups -OCH3 is 1. The molecule has 1 heterocycles. The van der Waals surface area contributed by atoms with E-state index in [2.05, 4.69) is 25.7 Å². The molecule has 0 radical (unpaired) electrons. The molecule has 0 saturated heterocycles. The van der Waals surface area contributed by atoms with Crippen LogP contribution in [-0.2, 0) is 0 Å². The van der Waals surface area contributed by atoms with Gasteiger partial charge in [0, 0.05) is 24.2 Å². The minimum absolute atomic E-state index is 0.0911. The number of rotatable bonds is 12. The average molecular weight is 452 g/mol. The number of β-amino-alcohol motifs (C(OH)–C–C–N with tert-alkyl or cyclic N) is 1. The molecule has 170 valence electrons. The summed E-state index contributed by atoms with van der Waals surface area (Å²) in [6, 6.07) is 8.59. The van der Waals surface area contributed by atoms with Gasteiger partial charge in [-0.3, -0.25) is 0 Å². The molecular formula is C21H30ClN5O4. The Kier molecular flexibility index (Phi) is 9.42. The van der Waals surface area contributed by atoms with E-state index in [9.17, 15) is 5.11 Å². The fourth-order valence-corrected chi connectivity index (χ4v) is 2.51. The van der Waals surface area contributed by atoms with Crippen molar-refractivity contribution in [1.82, 2.24) is 15.5 Å². The fourth-order valence-electron chi connectivity index (χ4n) is 2.29. The molecule has 0 aliphatic heterocycles. The highest BCUT2D eigenvalue weighted by Gasteiger charge is 2.20. The Morgan fingerprint density at radius 2 is 1.94 bits per heavy atom. The van der Waals surface area contributed by atoms with Crippen molar-refractivity contribution < 1.29 is 19.3 Å². The number of aliphatic hydroxyl groups excluding tert-OH is 1. The summed E-state index contributed by atoms with van der Waals surface area (Å²) in [7, 11) is 1.56. The zero-order valence-electron chi connectivity index (χ0n) is 18.5. The summed E-state index contributed by atoms with van der Waals surface area (Å²) in [4.78, 5) is 0. The van der Waals surface area contributed by atoms with Crippen LogP contribution in [0.5, 0.6) is 17.4 Å². The third kappa shape index (κ3) is 9.04. The number of ether oxygens (including phenoxy) is 3. The van der Waals surface area contributed by atoms with Gasteiger partial charge in [-0.1, -0.05) is 11.6 Å². The third-order valence-electron chi connectivity index (χ3n) is 3.98. The number of nitrogens with zero attached hydrogens (tertiary/aromatic N) is 4. The molecule has 1 aromatic heterocycles. The average Bonchev–Trinajstić information content (AvgIpc) is 2.74. The molecule has 1 aromatic carbocycles. The van der Waals surface area contributed by atoms with Crippen LogP contribution in [0.4, 0.5) is 5.82 Å². The van der Waals surface area contributed by atoms with E-state index in [4.69, 9.17) is 25.8 Å². The maximum Gasteiger partial charge on any atom is 0.233 e. The van der Waals surface area contributed by atoms with Crippen LogP contribution < -0.4 is 19.5 Å². The first-order valence-corrected chi connectivity index (χ1v) is 10.3. The molecule has 0 aliphatic carbocycles. The van der Waals surface area contributed by atoms with Gasteiger partial charge in [0.2, 0.25) is 5.88 Å². The summed E-state index contributed by atoms with van der Waals surface area (Å²) in [6.07, 6.45) is -0.733. The number of azo groups is 1. The van der Waals surface area contributed by atoms with Gasteiger partial charge in [-0.2, -0.15) is 5.11 Å². The molecule has 9 nitrogen and oxygen atoms in total. The van der Waals surface area contributed by atoms with Crippen molar-refractivity contribution in [2.24, 2.45) is 10.2 Å². The van der Waals surface area contributed by atoms with E-state index in [1.807, 2.05) is 27.7 Å². The minimum Gasteiger partial charge on any atom is -0.497 e. The Labute approximate surface area is 187 Å². The predicted molar refractivity (Wildman–Crippen MR) is 119 cm³/mol. The van der Waals surface area contributed by atoms with Crippen LogP contribution in [0, 0.1) is 0 Å². The molecule has 0 saturated carbocycles. The molecule has 1 atom stereocenters. The predicted octanol–water partition coefficient (Wildman–Crippen LogP) is 3.82. The summed E-state index contributed by atoms with van der Waals surface area (Å²) in [5, 5.41) is 29.9. The van der Waals surface area contributed by atoms with Crippen LogP contribution >= 0.6 is 11.6 Å². The molecule has 0 amide bonds. The first-order chi connectivity index (χ1) is 14.7. The quantitative estimate of drug-likeness (QED) is 0.472. The fraction of sp³-hybridized carbons (Fsp3) is 0.524. The number of aliphatic hydroxyl groups is 1. The zero-order chi connectivity index (χ0) is 22.9. The lowest BCUT2D eigenvalue weighted by atomic mass is 10.1. The third-order valence-corrected chi connectivity index (χ3v) is 4.28. The largest absolute Gasteiger partial charge is 0.497 e. The lowest BCUT2D eigenvalue weighted by Gasteiger charge is -2.27. The van der Waals surface area contributed by atoms with E-state index >= 15 is 0 Å². The van der Waals surface area contributed by atoms with Crippen molar-refractivity contribution in [3.8, 4) is 17.4 Å². The van der Waals surface area contributed by atoms with Crippen molar-refractivity contribution in [2.75, 3.05) is 26.9 Å².